The van der Waals surface area contributed by atoms with Crippen molar-refractivity contribution in [2.45, 2.75) is 13.2 Å². The molecule has 1 heterocycles. The molecular weight excluding hydrogens is 220 g/mol. The second-order valence-corrected chi connectivity index (χ2v) is 4.10. The molecule has 1 rings (SSSR count). The summed E-state index contributed by atoms with van der Waals surface area (Å²) >= 11 is -2.45. The van der Waals surface area contributed by atoms with E-state index in [4.69, 9.17) is 5.11 Å². The van der Waals surface area contributed by atoms with Gasteiger partial charge in [0.15, 0.2) is 0 Å². The Kier molecular flexibility index (Phi) is 5.65. The second kappa shape index (κ2) is 6.51. The molecule has 0 aromatic heterocycles. The second-order valence-electron chi connectivity index (χ2n) is 3.50. The van der Waals surface area contributed by atoms with Crippen molar-refractivity contribution in [1.29, 1.82) is 0 Å². The summed E-state index contributed by atoms with van der Waals surface area (Å²) in [6, 6.07) is 0. The van der Waals surface area contributed by atoms with Crippen LogP contribution in [-0.4, -0.2) is 69.2 Å². The molecule has 0 saturated carbocycles. The van der Waals surface area contributed by atoms with Crippen molar-refractivity contribution < 1.29 is 18.1 Å². The van der Waals surface area contributed by atoms with Crippen molar-refractivity contribution in [1.82, 2.24) is 9.80 Å². The summed E-state index contributed by atoms with van der Waals surface area (Å²) in [4.78, 5) is 4.10. The van der Waals surface area contributed by atoms with Crippen LogP contribution in [0.3, 0.4) is 0 Å². The molecule has 2 atom stereocenters. The molecule has 0 aromatic rings. The number of hydrogen-bond donors (Lipinski definition) is 1. The minimum atomic E-state index is -2.45. The minimum absolute atomic E-state index is 0.163. The smallest absolute Gasteiger partial charge is 0.123 e. The lowest BCUT2D eigenvalue weighted by Crippen LogP contribution is -2.50. The molecule has 2 unspecified atom stereocenters. The van der Waals surface area contributed by atoms with E-state index in [1.165, 1.54) is 0 Å². The Labute approximate surface area is 92.3 Å². The largest absolute Gasteiger partial charge is 0.750 e. The first-order valence-corrected chi connectivity index (χ1v) is 5.97. The molecule has 1 aliphatic heterocycles. The van der Waals surface area contributed by atoms with Crippen LogP contribution in [-0.2, 0) is 15.5 Å². The van der Waals surface area contributed by atoms with Crippen molar-refractivity contribution in [2.24, 2.45) is 0 Å². The molecule has 1 N–H and O–H groups in total. The van der Waals surface area contributed by atoms with Gasteiger partial charge in [-0.15, -0.1) is 0 Å². The van der Waals surface area contributed by atoms with E-state index in [-0.39, 0.29) is 6.61 Å². The summed E-state index contributed by atoms with van der Waals surface area (Å²) in [5, 5.41) is 8.75. The Morgan fingerprint density at radius 1 is 1.47 bits per heavy atom. The summed E-state index contributed by atoms with van der Waals surface area (Å²) in [5.41, 5.74) is 0. The van der Waals surface area contributed by atoms with Crippen LogP contribution in [0.4, 0.5) is 0 Å². The van der Waals surface area contributed by atoms with E-state index in [0.717, 1.165) is 26.2 Å². The molecule has 6 nitrogen and oxygen atoms in total. The molecule has 0 spiro atoms. The first-order chi connectivity index (χ1) is 7.13. The minimum Gasteiger partial charge on any atom is -0.750 e. The zero-order valence-electron chi connectivity index (χ0n) is 8.79. The molecule has 7 heteroatoms. The van der Waals surface area contributed by atoms with Crippen LogP contribution in [0.1, 0.15) is 6.92 Å². The monoisotopic (exact) mass is 237 g/mol. The van der Waals surface area contributed by atoms with Gasteiger partial charge in [0.05, 0.1) is 18.0 Å². The van der Waals surface area contributed by atoms with Gasteiger partial charge in [0, 0.05) is 32.7 Å². The summed E-state index contributed by atoms with van der Waals surface area (Å²) in [5.74, 6) is 0. The lowest BCUT2D eigenvalue weighted by Gasteiger charge is -2.37. The molecule has 90 valence electrons. The lowest BCUT2D eigenvalue weighted by atomic mass is 10.3. The fourth-order valence-electron chi connectivity index (χ4n) is 1.67. The summed E-state index contributed by atoms with van der Waals surface area (Å²) in [7, 11) is 0. The number of aliphatic hydroxyl groups is 1. The highest BCUT2D eigenvalue weighted by Crippen LogP contribution is 2.07. The third-order valence-electron chi connectivity index (χ3n) is 2.56. The highest BCUT2D eigenvalue weighted by Gasteiger charge is 2.21. The van der Waals surface area contributed by atoms with Gasteiger partial charge in [0.1, 0.15) is 6.23 Å². The van der Waals surface area contributed by atoms with E-state index in [0.29, 0.717) is 6.54 Å². The topological polar surface area (TPSA) is 76.1 Å². The van der Waals surface area contributed by atoms with E-state index >= 15 is 0 Å². The maximum atomic E-state index is 10.3. The predicted octanol–water partition coefficient (Wildman–Crippen LogP) is -1.25. The molecule has 0 bridgehead atoms. The highest BCUT2D eigenvalue weighted by atomic mass is 32.2. The van der Waals surface area contributed by atoms with Crippen molar-refractivity contribution in [2.75, 3.05) is 39.3 Å². The van der Waals surface area contributed by atoms with Crippen LogP contribution in [0, 0.1) is 0 Å². The van der Waals surface area contributed by atoms with Crippen molar-refractivity contribution in [3.8, 4) is 0 Å². The number of nitrogens with zero attached hydrogens (tertiary/aromatic N) is 2. The van der Waals surface area contributed by atoms with Crippen LogP contribution in [0.25, 0.3) is 0 Å². The molecular formula is C8H17N2O4S-. The molecule has 0 aromatic carbocycles. The summed E-state index contributed by atoms with van der Waals surface area (Å²) in [6.07, 6.45) is -0.403. The van der Waals surface area contributed by atoms with Crippen LogP contribution in [0.15, 0.2) is 0 Å². The number of β-amino-alcohol motifs (C(OH)–C–C–N with tert-alkyl or cyclic N) is 1. The lowest BCUT2D eigenvalue weighted by molar-refractivity contribution is 0.00339. The Morgan fingerprint density at radius 3 is 2.53 bits per heavy atom. The maximum Gasteiger partial charge on any atom is 0.123 e. The summed E-state index contributed by atoms with van der Waals surface area (Å²) < 4.78 is 25.3. The fourth-order valence-corrected chi connectivity index (χ4v) is 2.02. The SMILES string of the molecule is CC(OS(=O)[O-])N1CCN(CCO)CC1. The third kappa shape index (κ3) is 4.54. The number of aliphatic hydroxyl groups excluding tert-OH is 1. The number of rotatable bonds is 5. The third-order valence-corrected chi connectivity index (χ3v) is 2.99. The van der Waals surface area contributed by atoms with E-state index in [1.807, 2.05) is 4.90 Å². The molecule has 1 fully saturated rings. The van der Waals surface area contributed by atoms with E-state index < -0.39 is 17.6 Å². The van der Waals surface area contributed by atoms with E-state index in [2.05, 4.69) is 9.08 Å². The average Bonchev–Trinajstić information content (AvgIpc) is 2.18. The Morgan fingerprint density at radius 2 is 2.07 bits per heavy atom. The van der Waals surface area contributed by atoms with Gasteiger partial charge < -0.3 is 9.66 Å². The van der Waals surface area contributed by atoms with Gasteiger partial charge in [-0.2, -0.15) is 0 Å². The van der Waals surface area contributed by atoms with Crippen molar-refractivity contribution in [3.63, 3.8) is 0 Å². The van der Waals surface area contributed by atoms with Gasteiger partial charge >= 0.3 is 0 Å². The Bertz CT molecular complexity index is 209. The fraction of sp³-hybridized carbons (Fsp3) is 1.00. The molecule has 15 heavy (non-hydrogen) atoms. The van der Waals surface area contributed by atoms with Gasteiger partial charge in [-0.1, -0.05) is 0 Å². The number of hydrogen-bond acceptors (Lipinski definition) is 6. The van der Waals surface area contributed by atoms with Gasteiger partial charge in [0.2, 0.25) is 0 Å². The highest BCUT2D eigenvalue weighted by molar-refractivity contribution is 7.74. The summed E-state index contributed by atoms with van der Waals surface area (Å²) in [6.45, 7) is 5.75. The van der Waals surface area contributed by atoms with Gasteiger partial charge in [0.25, 0.3) is 0 Å². The van der Waals surface area contributed by atoms with E-state index in [1.54, 1.807) is 6.92 Å². The van der Waals surface area contributed by atoms with Gasteiger partial charge in [-0.05, 0) is 6.92 Å². The maximum absolute atomic E-state index is 10.3. The van der Waals surface area contributed by atoms with Gasteiger partial charge in [-0.25, -0.2) is 4.21 Å². The molecule has 0 radical (unpaired) electrons. The van der Waals surface area contributed by atoms with Crippen LogP contribution >= 0.6 is 0 Å². The zero-order valence-corrected chi connectivity index (χ0v) is 9.61. The zero-order chi connectivity index (χ0) is 11.3. The first kappa shape index (κ1) is 13.0. The van der Waals surface area contributed by atoms with Crippen LogP contribution in [0.5, 0.6) is 0 Å². The quantitative estimate of drug-likeness (QED) is 0.602. The number of piperazine rings is 1. The standard InChI is InChI=1S/C8H18N2O4S/c1-8(14-15(12)13)10-4-2-9(3-5-10)6-7-11/h8,11H,2-7H2,1H3,(H,12,13)/p-1. The molecule has 1 saturated heterocycles. The van der Waals surface area contributed by atoms with Crippen LogP contribution < -0.4 is 0 Å². The van der Waals surface area contributed by atoms with Gasteiger partial charge in [-0.3, -0.25) is 14.0 Å². The molecule has 1 aliphatic rings. The van der Waals surface area contributed by atoms with Crippen LogP contribution in [0.2, 0.25) is 0 Å². The molecule has 0 amide bonds. The first-order valence-electron chi connectivity index (χ1n) is 4.97. The average molecular weight is 237 g/mol. The normalized spacial score (nSPS) is 23.9. The Balaban J connectivity index is 2.27. The van der Waals surface area contributed by atoms with E-state index in [9.17, 15) is 8.76 Å². The van der Waals surface area contributed by atoms with Crippen molar-refractivity contribution in [3.05, 3.63) is 0 Å². The molecule has 0 aliphatic carbocycles. The van der Waals surface area contributed by atoms with Crippen molar-refractivity contribution >= 4 is 11.4 Å². The Hall–Kier alpha value is -0.0500. The predicted molar refractivity (Wildman–Crippen MR) is 54.6 cm³/mol.